The van der Waals surface area contributed by atoms with Gasteiger partial charge in [0.05, 0.1) is 43.9 Å². The van der Waals surface area contributed by atoms with Crippen LogP contribution in [0.2, 0.25) is 0 Å². The van der Waals surface area contributed by atoms with Crippen LogP contribution in [0.3, 0.4) is 0 Å². The summed E-state index contributed by atoms with van der Waals surface area (Å²) in [4.78, 5) is 35.0. The highest BCUT2D eigenvalue weighted by Crippen LogP contribution is 2.35. The van der Waals surface area contributed by atoms with Crippen LogP contribution in [-0.2, 0) is 4.79 Å². The number of amides is 2. The third kappa shape index (κ3) is 6.18. The zero-order valence-electron chi connectivity index (χ0n) is 21.7. The van der Waals surface area contributed by atoms with Crippen LogP contribution in [0.25, 0.3) is 0 Å². The van der Waals surface area contributed by atoms with Gasteiger partial charge >= 0.3 is 0 Å². The molecule has 0 unspecified atom stereocenters. The molecule has 1 aliphatic heterocycles. The number of hydrogen-bond donors (Lipinski definition) is 5. The lowest BCUT2D eigenvalue weighted by atomic mass is 10.2. The Morgan fingerprint density at radius 2 is 1.95 bits per heavy atom. The summed E-state index contributed by atoms with van der Waals surface area (Å²) in [5.74, 6) is 0.194. The molecule has 6 N–H and O–H groups in total. The van der Waals surface area contributed by atoms with E-state index < -0.39 is 11.8 Å². The molecule has 1 saturated heterocycles. The maximum absolute atomic E-state index is 12.1. The van der Waals surface area contributed by atoms with Gasteiger partial charge in [-0.25, -0.2) is 4.98 Å². The second-order valence-corrected chi connectivity index (χ2v) is 8.73. The van der Waals surface area contributed by atoms with Crippen molar-refractivity contribution in [3.05, 3.63) is 60.8 Å². The van der Waals surface area contributed by atoms with Gasteiger partial charge in [0.25, 0.3) is 5.91 Å². The summed E-state index contributed by atoms with van der Waals surface area (Å²) >= 11 is 0. The van der Waals surface area contributed by atoms with E-state index in [1.54, 1.807) is 25.3 Å². The number of methoxy groups -OCH3 is 2. The SMILES string of the molecule is C=CC(=O)Nc1cc(OC)ccc1Nc1nc(Nc2ccc(N3CCC[C@@H]3CO)cc2OC)ncc1C(N)=O. The molecule has 1 aliphatic rings. The highest BCUT2D eigenvalue weighted by molar-refractivity contribution is 6.03. The van der Waals surface area contributed by atoms with Crippen LogP contribution in [0, 0.1) is 0 Å². The first kappa shape index (κ1) is 27.2. The molecule has 0 saturated carbocycles. The van der Waals surface area contributed by atoms with Crippen molar-refractivity contribution < 1.29 is 24.2 Å². The summed E-state index contributed by atoms with van der Waals surface area (Å²) in [6.07, 6.45) is 4.39. The monoisotopic (exact) mass is 533 g/mol. The number of benzene rings is 2. The van der Waals surface area contributed by atoms with Crippen LogP contribution in [0.15, 0.2) is 55.3 Å². The van der Waals surface area contributed by atoms with E-state index in [0.29, 0.717) is 28.6 Å². The van der Waals surface area contributed by atoms with Gasteiger partial charge in [-0.1, -0.05) is 6.58 Å². The molecule has 12 nitrogen and oxygen atoms in total. The average Bonchev–Trinajstić information content (AvgIpc) is 3.43. The van der Waals surface area contributed by atoms with Gasteiger partial charge in [0.2, 0.25) is 11.9 Å². The molecular formula is C27H31N7O5. The molecule has 39 heavy (non-hydrogen) atoms. The summed E-state index contributed by atoms with van der Waals surface area (Å²) in [6, 6.07) is 10.7. The van der Waals surface area contributed by atoms with Gasteiger partial charge in [-0.2, -0.15) is 4.98 Å². The number of nitrogens with one attached hydrogen (secondary N) is 3. The lowest BCUT2D eigenvalue weighted by Gasteiger charge is -2.26. The third-order valence-corrected chi connectivity index (χ3v) is 6.33. The molecule has 0 aliphatic carbocycles. The van der Waals surface area contributed by atoms with E-state index in [1.807, 2.05) is 18.2 Å². The van der Waals surface area contributed by atoms with Crippen LogP contribution in [0.4, 0.5) is 34.5 Å². The lowest BCUT2D eigenvalue weighted by Crippen LogP contribution is -2.31. The van der Waals surface area contributed by atoms with Crippen LogP contribution in [0.5, 0.6) is 11.5 Å². The Balaban J connectivity index is 1.64. The van der Waals surface area contributed by atoms with E-state index in [4.69, 9.17) is 15.2 Å². The Bertz CT molecular complexity index is 1380. The first-order valence-electron chi connectivity index (χ1n) is 12.2. The molecule has 1 aromatic heterocycles. The van der Waals surface area contributed by atoms with Crippen LogP contribution in [0.1, 0.15) is 23.2 Å². The van der Waals surface area contributed by atoms with Crippen molar-refractivity contribution in [2.75, 3.05) is 48.2 Å². The first-order valence-corrected chi connectivity index (χ1v) is 12.2. The summed E-state index contributed by atoms with van der Waals surface area (Å²) in [5, 5.41) is 18.6. The standard InChI is InChI=1S/C27H31N7O5/c1-4-24(36)30-22-13-18(38-2)8-10-20(22)31-26-19(25(28)37)14-29-27(33-26)32-21-9-7-16(12-23(21)39-3)34-11-5-6-17(34)15-35/h4,7-10,12-14,17,35H,1,5-6,11,15H2,2-3H3,(H2,28,37)(H,30,36)(H2,29,31,32,33)/t17-/m1/s1. The molecule has 1 fully saturated rings. The molecule has 0 spiro atoms. The van der Waals surface area contributed by atoms with Crippen molar-refractivity contribution in [3.63, 3.8) is 0 Å². The molecule has 3 aromatic rings. The minimum absolute atomic E-state index is 0.0451. The topological polar surface area (TPSA) is 164 Å². The summed E-state index contributed by atoms with van der Waals surface area (Å²) in [7, 11) is 3.07. The quantitative estimate of drug-likeness (QED) is 0.231. The van der Waals surface area contributed by atoms with Crippen molar-refractivity contribution >= 4 is 46.3 Å². The normalized spacial score (nSPS) is 14.4. The van der Waals surface area contributed by atoms with E-state index >= 15 is 0 Å². The number of aromatic nitrogens is 2. The molecule has 4 rings (SSSR count). The van der Waals surface area contributed by atoms with Crippen molar-refractivity contribution in [2.45, 2.75) is 18.9 Å². The Morgan fingerprint density at radius 3 is 2.64 bits per heavy atom. The lowest BCUT2D eigenvalue weighted by molar-refractivity contribution is -0.111. The van der Waals surface area contributed by atoms with Gasteiger partial charge in [-0.15, -0.1) is 0 Å². The van der Waals surface area contributed by atoms with Gasteiger partial charge in [0.15, 0.2) is 0 Å². The largest absolute Gasteiger partial charge is 0.497 e. The predicted octanol–water partition coefficient (Wildman–Crippen LogP) is 3.17. The number of carbonyl (C=O) groups is 2. The fourth-order valence-electron chi connectivity index (χ4n) is 4.34. The minimum atomic E-state index is -0.736. The summed E-state index contributed by atoms with van der Waals surface area (Å²) in [5.41, 5.74) is 7.97. The van der Waals surface area contributed by atoms with Gasteiger partial charge < -0.3 is 41.2 Å². The first-order chi connectivity index (χ1) is 18.9. The minimum Gasteiger partial charge on any atom is -0.497 e. The Hall–Kier alpha value is -4.84. The number of nitrogens with zero attached hydrogens (tertiary/aromatic N) is 3. The van der Waals surface area contributed by atoms with Gasteiger partial charge in [-0.05, 0) is 43.2 Å². The van der Waals surface area contributed by atoms with Crippen molar-refractivity contribution in [3.8, 4) is 11.5 Å². The molecular weight excluding hydrogens is 502 g/mol. The molecule has 2 heterocycles. The number of ether oxygens (including phenoxy) is 2. The van der Waals surface area contributed by atoms with Crippen LogP contribution < -0.4 is 36.1 Å². The number of carbonyl (C=O) groups excluding carboxylic acids is 2. The highest BCUT2D eigenvalue weighted by Gasteiger charge is 2.25. The van der Waals surface area contributed by atoms with Gasteiger partial charge in [0.1, 0.15) is 22.9 Å². The predicted molar refractivity (Wildman–Crippen MR) is 149 cm³/mol. The molecule has 12 heteroatoms. The number of aliphatic hydroxyl groups is 1. The second-order valence-electron chi connectivity index (χ2n) is 8.73. The van der Waals surface area contributed by atoms with Crippen molar-refractivity contribution in [1.82, 2.24) is 9.97 Å². The van der Waals surface area contributed by atoms with Crippen molar-refractivity contribution in [1.29, 1.82) is 0 Å². The maximum atomic E-state index is 12.1. The number of anilines is 6. The number of rotatable bonds is 11. The molecule has 0 radical (unpaired) electrons. The number of hydrogen-bond acceptors (Lipinski definition) is 10. The van der Waals surface area contributed by atoms with Crippen LogP contribution in [-0.4, -0.2) is 60.3 Å². The smallest absolute Gasteiger partial charge is 0.254 e. The summed E-state index contributed by atoms with van der Waals surface area (Å²) in [6.45, 7) is 4.42. The Labute approximate surface area is 225 Å². The van der Waals surface area contributed by atoms with Crippen LogP contribution >= 0.6 is 0 Å². The molecule has 2 aromatic carbocycles. The second kappa shape index (κ2) is 12.1. The fourth-order valence-corrected chi connectivity index (χ4v) is 4.34. The summed E-state index contributed by atoms with van der Waals surface area (Å²) < 4.78 is 10.9. The fraction of sp³-hybridized carbons (Fsp3) is 0.259. The van der Waals surface area contributed by atoms with E-state index in [0.717, 1.165) is 31.1 Å². The van der Waals surface area contributed by atoms with E-state index in [9.17, 15) is 14.7 Å². The van der Waals surface area contributed by atoms with Gasteiger partial charge in [-0.3, -0.25) is 9.59 Å². The number of primary amides is 1. The molecule has 0 bridgehead atoms. The van der Waals surface area contributed by atoms with E-state index in [-0.39, 0.29) is 30.0 Å². The number of nitrogens with two attached hydrogens (primary N) is 1. The molecule has 204 valence electrons. The maximum Gasteiger partial charge on any atom is 0.254 e. The average molecular weight is 534 g/mol. The third-order valence-electron chi connectivity index (χ3n) is 6.33. The number of aliphatic hydroxyl groups excluding tert-OH is 1. The zero-order valence-corrected chi connectivity index (χ0v) is 21.7. The van der Waals surface area contributed by atoms with E-state index in [1.165, 1.54) is 13.3 Å². The Kier molecular flexibility index (Phi) is 8.46. The van der Waals surface area contributed by atoms with Crippen molar-refractivity contribution in [2.24, 2.45) is 5.73 Å². The Morgan fingerprint density at radius 1 is 1.15 bits per heavy atom. The zero-order chi connectivity index (χ0) is 27.9. The highest BCUT2D eigenvalue weighted by atomic mass is 16.5. The molecule has 2 amide bonds. The molecule has 1 atom stereocenters. The van der Waals surface area contributed by atoms with Gasteiger partial charge in [0, 0.05) is 30.6 Å². The van der Waals surface area contributed by atoms with E-state index in [2.05, 4.69) is 37.4 Å².